The van der Waals surface area contributed by atoms with Gasteiger partial charge in [0.15, 0.2) is 5.96 Å². The minimum absolute atomic E-state index is 0.389. The Morgan fingerprint density at radius 2 is 1.67 bits per heavy atom. The van der Waals surface area contributed by atoms with Gasteiger partial charge in [0.2, 0.25) is 0 Å². The van der Waals surface area contributed by atoms with Crippen molar-refractivity contribution in [2.45, 2.75) is 52.9 Å². The molecule has 27 heavy (non-hydrogen) atoms. The Kier molecular flexibility index (Phi) is 10.3. The van der Waals surface area contributed by atoms with E-state index in [0.717, 1.165) is 30.1 Å². The third kappa shape index (κ3) is 11.1. The van der Waals surface area contributed by atoms with Gasteiger partial charge in [-0.25, -0.2) is 9.79 Å². The number of guanidine groups is 1. The van der Waals surface area contributed by atoms with E-state index >= 15 is 0 Å². The van der Waals surface area contributed by atoms with Gasteiger partial charge in [-0.05, 0) is 45.2 Å². The first kappa shape index (κ1) is 22.8. The fraction of sp³-hybridized carbons (Fsp3) is 0.600. The normalized spacial score (nSPS) is 11.8. The summed E-state index contributed by atoms with van der Waals surface area (Å²) in [7, 11) is 1.69. The van der Waals surface area contributed by atoms with E-state index in [2.05, 4.69) is 45.2 Å². The summed E-state index contributed by atoms with van der Waals surface area (Å²) < 4.78 is 10.3. The highest BCUT2D eigenvalue weighted by Crippen LogP contribution is 2.07. The fourth-order valence-electron chi connectivity index (χ4n) is 2.22. The van der Waals surface area contributed by atoms with Crippen molar-refractivity contribution in [3.05, 3.63) is 35.4 Å². The van der Waals surface area contributed by atoms with Gasteiger partial charge in [-0.2, -0.15) is 0 Å². The molecule has 7 nitrogen and oxygen atoms in total. The number of nitrogens with one attached hydrogen (secondary N) is 3. The van der Waals surface area contributed by atoms with Gasteiger partial charge in [-0.1, -0.05) is 24.3 Å². The molecule has 7 heteroatoms. The second kappa shape index (κ2) is 12.2. The lowest BCUT2D eigenvalue weighted by Crippen LogP contribution is -2.39. The molecule has 0 radical (unpaired) electrons. The molecular weight excluding hydrogens is 344 g/mol. The molecule has 0 aliphatic carbocycles. The number of carbonyl (C=O) groups excluding carboxylic acids is 1. The van der Waals surface area contributed by atoms with Crippen LogP contribution >= 0.6 is 0 Å². The maximum atomic E-state index is 11.6. The lowest BCUT2D eigenvalue weighted by atomic mass is 10.1. The molecule has 152 valence electrons. The van der Waals surface area contributed by atoms with Gasteiger partial charge in [0, 0.05) is 26.7 Å². The van der Waals surface area contributed by atoms with Gasteiger partial charge in [0.25, 0.3) is 0 Å². The van der Waals surface area contributed by atoms with Gasteiger partial charge in [-0.3, -0.25) is 0 Å². The van der Waals surface area contributed by atoms with E-state index in [1.165, 1.54) is 0 Å². The first-order valence-corrected chi connectivity index (χ1v) is 9.40. The van der Waals surface area contributed by atoms with Gasteiger partial charge >= 0.3 is 6.09 Å². The number of carbonyl (C=O) groups is 1. The Morgan fingerprint density at radius 3 is 2.26 bits per heavy atom. The highest BCUT2D eigenvalue weighted by molar-refractivity contribution is 5.79. The minimum Gasteiger partial charge on any atom is -0.444 e. The minimum atomic E-state index is -0.477. The fourth-order valence-corrected chi connectivity index (χ4v) is 2.22. The van der Waals surface area contributed by atoms with Crippen LogP contribution in [0.4, 0.5) is 4.79 Å². The second-order valence-electron chi connectivity index (χ2n) is 7.15. The maximum Gasteiger partial charge on any atom is 0.407 e. The molecule has 0 aliphatic heterocycles. The Labute approximate surface area is 162 Å². The number of rotatable bonds is 9. The van der Waals surface area contributed by atoms with Crippen LogP contribution in [0.2, 0.25) is 0 Å². The van der Waals surface area contributed by atoms with E-state index in [-0.39, 0.29) is 6.09 Å². The monoisotopic (exact) mass is 378 g/mol. The van der Waals surface area contributed by atoms with Crippen molar-refractivity contribution >= 4 is 12.1 Å². The molecule has 0 bridgehead atoms. The first-order chi connectivity index (χ1) is 12.8. The molecule has 1 amide bonds. The van der Waals surface area contributed by atoms with E-state index in [4.69, 9.17) is 9.47 Å². The average Bonchev–Trinajstić information content (AvgIpc) is 2.59. The number of benzene rings is 1. The Balaban J connectivity index is 2.36. The van der Waals surface area contributed by atoms with Gasteiger partial charge in [-0.15, -0.1) is 0 Å². The van der Waals surface area contributed by atoms with E-state index in [9.17, 15) is 4.79 Å². The van der Waals surface area contributed by atoms with Crippen LogP contribution in [-0.4, -0.2) is 44.4 Å². The number of amides is 1. The summed E-state index contributed by atoms with van der Waals surface area (Å²) in [5.41, 5.74) is 1.81. The molecule has 0 saturated carbocycles. The zero-order chi connectivity index (χ0) is 20.1. The molecule has 1 aromatic carbocycles. The number of ether oxygens (including phenoxy) is 2. The smallest absolute Gasteiger partial charge is 0.407 e. The summed E-state index contributed by atoms with van der Waals surface area (Å²) in [5.74, 6) is 0.760. The van der Waals surface area contributed by atoms with Crippen molar-refractivity contribution < 1.29 is 14.3 Å². The van der Waals surface area contributed by atoms with E-state index in [1.807, 2.05) is 27.7 Å². The molecule has 0 heterocycles. The molecule has 3 N–H and O–H groups in total. The molecule has 0 atom stereocenters. The van der Waals surface area contributed by atoms with Gasteiger partial charge in [0.05, 0.1) is 13.2 Å². The predicted molar refractivity (Wildman–Crippen MR) is 109 cm³/mol. The van der Waals surface area contributed by atoms with Crippen molar-refractivity contribution in [3.63, 3.8) is 0 Å². The number of methoxy groups -OCH3 is 1. The predicted octanol–water partition coefficient (Wildman–Crippen LogP) is 2.80. The van der Waals surface area contributed by atoms with Crippen LogP contribution in [-0.2, 0) is 22.6 Å². The zero-order valence-electron chi connectivity index (χ0n) is 17.2. The average molecular weight is 379 g/mol. The third-order valence-corrected chi connectivity index (χ3v) is 3.41. The SMILES string of the molecule is CCNC(=NCc1ccc(COC)cc1)NCCCNC(=O)OC(C)(C)C. The number of aliphatic imine (C=N–C) groups is 1. The molecule has 0 spiro atoms. The molecule has 1 rings (SSSR count). The van der Waals surface area contributed by atoms with Crippen molar-refractivity contribution in [2.75, 3.05) is 26.7 Å². The summed E-state index contributed by atoms with van der Waals surface area (Å²) in [4.78, 5) is 16.2. The number of nitrogens with zero attached hydrogens (tertiary/aromatic N) is 1. The summed E-state index contributed by atoms with van der Waals surface area (Å²) in [6.45, 7) is 10.8. The number of alkyl carbamates (subject to hydrolysis) is 1. The Bertz CT molecular complexity index is 580. The Hall–Kier alpha value is -2.28. The third-order valence-electron chi connectivity index (χ3n) is 3.41. The maximum absolute atomic E-state index is 11.6. The molecule has 0 aromatic heterocycles. The van der Waals surface area contributed by atoms with E-state index in [0.29, 0.717) is 26.2 Å². The topological polar surface area (TPSA) is 84.0 Å². The summed E-state index contributed by atoms with van der Waals surface area (Å²) in [5, 5.41) is 9.24. The zero-order valence-corrected chi connectivity index (χ0v) is 17.2. The molecule has 0 unspecified atom stereocenters. The van der Waals surface area contributed by atoms with E-state index in [1.54, 1.807) is 7.11 Å². The first-order valence-electron chi connectivity index (χ1n) is 9.40. The highest BCUT2D eigenvalue weighted by atomic mass is 16.6. The molecule has 1 aromatic rings. The number of hydrogen-bond donors (Lipinski definition) is 3. The van der Waals surface area contributed by atoms with E-state index < -0.39 is 5.60 Å². The Morgan fingerprint density at radius 1 is 1.04 bits per heavy atom. The number of hydrogen-bond acceptors (Lipinski definition) is 4. The largest absolute Gasteiger partial charge is 0.444 e. The van der Waals surface area contributed by atoms with Crippen LogP contribution in [0.25, 0.3) is 0 Å². The molecular formula is C20H34N4O3. The van der Waals surface area contributed by atoms with Crippen molar-refractivity contribution in [1.82, 2.24) is 16.0 Å². The van der Waals surface area contributed by atoms with Gasteiger partial charge < -0.3 is 25.4 Å². The van der Waals surface area contributed by atoms with Crippen LogP contribution in [0.1, 0.15) is 45.2 Å². The van der Waals surface area contributed by atoms with Crippen molar-refractivity contribution in [1.29, 1.82) is 0 Å². The lowest BCUT2D eigenvalue weighted by molar-refractivity contribution is 0.0527. The van der Waals surface area contributed by atoms with Crippen LogP contribution in [0.3, 0.4) is 0 Å². The van der Waals surface area contributed by atoms with Crippen LogP contribution < -0.4 is 16.0 Å². The molecule has 0 saturated heterocycles. The van der Waals surface area contributed by atoms with Crippen LogP contribution in [0.5, 0.6) is 0 Å². The standard InChI is InChI=1S/C20H34N4O3/c1-6-21-18(22-12-7-13-23-19(25)27-20(2,3)4)24-14-16-8-10-17(11-9-16)15-26-5/h8-11H,6-7,12-15H2,1-5H3,(H,23,25)(H2,21,22,24). The second-order valence-corrected chi connectivity index (χ2v) is 7.15. The van der Waals surface area contributed by atoms with Gasteiger partial charge in [0.1, 0.15) is 5.60 Å². The molecule has 0 fully saturated rings. The lowest BCUT2D eigenvalue weighted by Gasteiger charge is -2.19. The molecule has 0 aliphatic rings. The van der Waals surface area contributed by atoms with Crippen molar-refractivity contribution in [3.8, 4) is 0 Å². The quantitative estimate of drug-likeness (QED) is 0.350. The summed E-state index contributed by atoms with van der Waals surface area (Å²) >= 11 is 0. The van der Waals surface area contributed by atoms with Crippen molar-refractivity contribution in [2.24, 2.45) is 4.99 Å². The summed E-state index contributed by atoms with van der Waals surface area (Å²) in [6.07, 6.45) is 0.384. The highest BCUT2D eigenvalue weighted by Gasteiger charge is 2.15. The summed E-state index contributed by atoms with van der Waals surface area (Å²) in [6, 6.07) is 8.23. The van der Waals surface area contributed by atoms with Crippen LogP contribution in [0, 0.1) is 0 Å². The van der Waals surface area contributed by atoms with Crippen LogP contribution in [0.15, 0.2) is 29.3 Å².